The third-order valence-corrected chi connectivity index (χ3v) is 2.94. The van der Waals surface area contributed by atoms with E-state index in [9.17, 15) is 4.39 Å². The summed E-state index contributed by atoms with van der Waals surface area (Å²) in [6.45, 7) is 7.80. The first kappa shape index (κ1) is 13.7. The molecule has 0 bridgehead atoms. The van der Waals surface area contributed by atoms with E-state index in [1.165, 1.54) is 12.1 Å². The minimum absolute atomic E-state index is 0.234. The van der Waals surface area contributed by atoms with Crippen molar-refractivity contribution in [2.75, 3.05) is 0 Å². The van der Waals surface area contributed by atoms with Gasteiger partial charge in [-0.05, 0) is 30.2 Å². The zero-order valence-electron chi connectivity index (χ0n) is 11.6. The van der Waals surface area contributed by atoms with E-state index in [1.54, 1.807) is 6.07 Å². The van der Waals surface area contributed by atoms with E-state index in [0.29, 0.717) is 17.3 Å². The summed E-state index contributed by atoms with van der Waals surface area (Å²) < 4.78 is 18.5. The largest absolute Gasteiger partial charge is 0.339 e. The summed E-state index contributed by atoms with van der Waals surface area (Å²) in [5.41, 5.74) is 7.42. The lowest BCUT2D eigenvalue weighted by atomic mass is 9.97. The molecule has 2 aromatic rings. The highest BCUT2D eigenvalue weighted by molar-refractivity contribution is 5.32. The van der Waals surface area contributed by atoms with Crippen LogP contribution in [0.5, 0.6) is 0 Å². The summed E-state index contributed by atoms with van der Waals surface area (Å²) in [5, 5.41) is 3.90. The first-order chi connectivity index (χ1) is 8.79. The van der Waals surface area contributed by atoms with Crippen molar-refractivity contribution in [3.8, 4) is 0 Å². The highest BCUT2D eigenvalue weighted by Gasteiger charge is 2.25. The summed E-state index contributed by atoms with van der Waals surface area (Å²) in [5.74, 6) is 0.571. The van der Waals surface area contributed by atoms with Crippen LogP contribution in [0.2, 0.25) is 0 Å². The Kier molecular flexibility index (Phi) is 3.41. The molecular formula is C14H18FN3O. The first-order valence-electron chi connectivity index (χ1n) is 6.15. The molecule has 0 spiro atoms. The van der Waals surface area contributed by atoms with Gasteiger partial charge < -0.3 is 10.3 Å². The molecule has 2 rings (SSSR count). The van der Waals surface area contributed by atoms with Gasteiger partial charge in [0.15, 0.2) is 5.82 Å². The standard InChI is InChI=1S/C14H18FN3O/c1-8-5-6-9(15)7-10(8)11(16)12-17-13(19-18-12)14(2,3)4/h5-7,11H,16H2,1-4H3. The van der Waals surface area contributed by atoms with Gasteiger partial charge in [0.1, 0.15) is 5.82 Å². The third-order valence-electron chi connectivity index (χ3n) is 2.94. The molecule has 1 aromatic carbocycles. The number of nitrogens with two attached hydrogens (primary N) is 1. The number of nitrogens with zero attached hydrogens (tertiary/aromatic N) is 2. The number of benzene rings is 1. The van der Waals surface area contributed by atoms with Gasteiger partial charge in [-0.1, -0.05) is 32.0 Å². The van der Waals surface area contributed by atoms with Gasteiger partial charge in [0.2, 0.25) is 5.89 Å². The van der Waals surface area contributed by atoms with Gasteiger partial charge in [0.25, 0.3) is 0 Å². The van der Waals surface area contributed by atoms with Gasteiger partial charge in [0.05, 0.1) is 6.04 Å². The fraction of sp³-hybridized carbons (Fsp3) is 0.429. The molecule has 1 heterocycles. The Hall–Kier alpha value is -1.75. The highest BCUT2D eigenvalue weighted by atomic mass is 19.1. The molecule has 1 aromatic heterocycles. The second kappa shape index (κ2) is 4.74. The van der Waals surface area contributed by atoms with Crippen molar-refractivity contribution in [3.05, 3.63) is 46.9 Å². The minimum Gasteiger partial charge on any atom is -0.339 e. The summed E-state index contributed by atoms with van der Waals surface area (Å²) in [7, 11) is 0. The van der Waals surface area contributed by atoms with Crippen LogP contribution >= 0.6 is 0 Å². The van der Waals surface area contributed by atoms with Gasteiger partial charge in [0, 0.05) is 5.41 Å². The average molecular weight is 263 g/mol. The van der Waals surface area contributed by atoms with Crippen LogP contribution < -0.4 is 5.73 Å². The number of hydrogen-bond acceptors (Lipinski definition) is 4. The molecule has 5 heteroatoms. The summed E-state index contributed by atoms with van der Waals surface area (Å²) >= 11 is 0. The Labute approximate surface area is 111 Å². The van der Waals surface area contributed by atoms with Gasteiger partial charge >= 0.3 is 0 Å². The van der Waals surface area contributed by atoms with Crippen molar-refractivity contribution in [2.45, 2.75) is 39.2 Å². The topological polar surface area (TPSA) is 64.9 Å². The van der Waals surface area contributed by atoms with E-state index in [4.69, 9.17) is 10.3 Å². The van der Waals surface area contributed by atoms with Gasteiger partial charge in [-0.15, -0.1) is 0 Å². The zero-order valence-corrected chi connectivity index (χ0v) is 11.6. The molecular weight excluding hydrogens is 245 g/mol. The predicted molar refractivity (Wildman–Crippen MR) is 70.2 cm³/mol. The van der Waals surface area contributed by atoms with E-state index in [0.717, 1.165) is 5.56 Å². The second-order valence-corrected chi connectivity index (χ2v) is 5.69. The Balaban J connectivity index is 2.36. The molecule has 102 valence electrons. The second-order valence-electron chi connectivity index (χ2n) is 5.69. The molecule has 4 nitrogen and oxygen atoms in total. The maximum Gasteiger partial charge on any atom is 0.232 e. The first-order valence-corrected chi connectivity index (χ1v) is 6.15. The zero-order chi connectivity index (χ0) is 14.2. The number of halogens is 1. The molecule has 0 saturated carbocycles. The molecule has 0 fully saturated rings. The van der Waals surface area contributed by atoms with Gasteiger partial charge in [-0.3, -0.25) is 0 Å². The van der Waals surface area contributed by atoms with Crippen molar-refractivity contribution in [1.82, 2.24) is 10.1 Å². The summed E-state index contributed by atoms with van der Waals surface area (Å²) in [6.07, 6.45) is 0. The Morgan fingerprint density at radius 1 is 1.32 bits per heavy atom. The molecule has 0 radical (unpaired) electrons. The van der Waals surface area contributed by atoms with E-state index >= 15 is 0 Å². The molecule has 0 aliphatic carbocycles. The third kappa shape index (κ3) is 2.81. The van der Waals surface area contributed by atoms with Crippen LogP contribution in [0.4, 0.5) is 4.39 Å². The molecule has 19 heavy (non-hydrogen) atoms. The summed E-state index contributed by atoms with van der Waals surface area (Å²) in [6, 6.07) is 3.92. The van der Waals surface area contributed by atoms with E-state index in [-0.39, 0.29) is 11.2 Å². The fourth-order valence-corrected chi connectivity index (χ4v) is 1.75. The van der Waals surface area contributed by atoms with Crippen LogP contribution in [0, 0.1) is 12.7 Å². The van der Waals surface area contributed by atoms with E-state index in [2.05, 4.69) is 10.1 Å². The van der Waals surface area contributed by atoms with Crippen molar-refractivity contribution >= 4 is 0 Å². The van der Waals surface area contributed by atoms with Crippen LogP contribution in [0.3, 0.4) is 0 Å². The van der Waals surface area contributed by atoms with Crippen molar-refractivity contribution in [2.24, 2.45) is 5.73 Å². The normalized spacial score (nSPS) is 13.6. The summed E-state index contributed by atoms with van der Waals surface area (Å²) in [4.78, 5) is 4.30. The van der Waals surface area contributed by atoms with Crippen LogP contribution in [-0.4, -0.2) is 10.1 Å². The van der Waals surface area contributed by atoms with Crippen molar-refractivity contribution in [1.29, 1.82) is 0 Å². The van der Waals surface area contributed by atoms with Crippen LogP contribution in [0.1, 0.15) is 49.7 Å². The number of aryl methyl sites for hydroxylation is 1. The Bertz CT molecular complexity index is 587. The monoisotopic (exact) mass is 263 g/mol. The average Bonchev–Trinajstić information content (AvgIpc) is 2.80. The van der Waals surface area contributed by atoms with Gasteiger partial charge in [-0.2, -0.15) is 4.98 Å². The van der Waals surface area contributed by atoms with E-state index < -0.39 is 6.04 Å². The van der Waals surface area contributed by atoms with Crippen LogP contribution in [-0.2, 0) is 5.41 Å². The quantitative estimate of drug-likeness (QED) is 0.904. The lowest BCUT2D eigenvalue weighted by Crippen LogP contribution is -2.16. The molecule has 1 atom stereocenters. The van der Waals surface area contributed by atoms with Crippen LogP contribution in [0.25, 0.3) is 0 Å². The predicted octanol–water partition coefficient (Wildman–Crippen LogP) is 2.86. The molecule has 1 unspecified atom stereocenters. The van der Waals surface area contributed by atoms with Crippen molar-refractivity contribution < 1.29 is 8.91 Å². The molecule has 0 aliphatic heterocycles. The van der Waals surface area contributed by atoms with E-state index in [1.807, 2.05) is 27.7 Å². The molecule has 0 aliphatic rings. The molecule has 2 N–H and O–H groups in total. The fourth-order valence-electron chi connectivity index (χ4n) is 1.75. The highest BCUT2D eigenvalue weighted by Crippen LogP contribution is 2.25. The Morgan fingerprint density at radius 3 is 2.58 bits per heavy atom. The van der Waals surface area contributed by atoms with Crippen molar-refractivity contribution in [3.63, 3.8) is 0 Å². The number of hydrogen-bond donors (Lipinski definition) is 1. The maximum absolute atomic E-state index is 13.3. The molecule has 0 saturated heterocycles. The number of rotatable bonds is 2. The maximum atomic E-state index is 13.3. The lowest BCUT2D eigenvalue weighted by molar-refractivity contribution is 0.317. The number of aromatic nitrogens is 2. The SMILES string of the molecule is Cc1ccc(F)cc1C(N)c1noc(C(C)(C)C)n1. The lowest BCUT2D eigenvalue weighted by Gasteiger charge is -2.12. The minimum atomic E-state index is -0.587. The Morgan fingerprint density at radius 2 is 2.00 bits per heavy atom. The van der Waals surface area contributed by atoms with Crippen LogP contribution in [0.15, 0.2) is 22.7 Å². The van der Waals surface area contributed by atoms with Gasteiger partial charge in [-0.25, -0.2) is 4.39 Å². The molecule has 0 amide bonds. The smallest absolute Gasteiger partial charge is 0.232 e.